The van der Waals surface area contributed by atoms with Crippen LogP contribution in [0.2, 0.25) is 0 Å². The summed E-state index contributed by atoms with van der Waals surface area (Å²) in [7, 11) is 0. The number of nitrogen functional groups attached to an aromatic ring is 1. The summed E-state index contributed by atoms with van der Waals surface area (Å²) in [5.74, 6) is -2.60. The van der Waals surface area contributed by atoms with Crippen LogP contribution in [-0.2, 0) is 6.42 Å². The molecule has 0 saturated heterocycles. The van der Waals surface area contributed by atoms with Gasteiger partial charge in [0.1, 0.15) is 17.5 Å². The van der Waals surface area contributed by atoms with E-state index in [1.54, 1.807) is 0 Å². The van der Waals surface area contributed by atoms with Crippen molar-refractivity contribution in [2.24, 2.45) is 0 Å². The molecular weight excluding hydrogens is 273 g/mol. The third kappa shape index (κ3) is 2.89. The molecule has 0 bridgehead atoms. The molecule has 0 aliphatic heterocycles. The minimum atomic E-state index is -0.924. The molecular formula is C13H13F3N2S. The average molecular weight is 286 g/mol. The standard InChI is InChI=1S/C13H13F3N2S/c1-6(2)12-11(19-13(17)18-12)5-8-9(15)3-7(14)4-10(8)16/h3-4,6H,5H2,1-2H3,(H2,17,18). The van der Waals surface area contributed by atoms with Crippen molar-refractivity contribution in [3.63, 3.8) is 0 Å². The van der Waals surface area contributed by atoms with E-state index < -0.39 is 17.5 Å². The van der Waals surface area contributed by atoms with Gasteiger partial charge >= 0.3 is 0 Å². The summed E-state index contributed by atoms with van der Waals surface area (Å²) in [6.45, 7) is 3.85. The van der Waals surface area contributed by atoms with Crippen LogP contribution in [-0.4, -0.2) is 4.98 Å². The first-order chi connectivity index (χ1) is 8.88. The van der Waals surface area contributed by atoms with Gasteiger partial charge in [-0.05, 0) is 5.92 Å². The van der Waals surface area contributed by atoms with Gasteiger partial charge in [-0.1, -0.05) is 13.8 Å². The van der Waals surface area contributed by atoms with Crippen molar-refractivity contribution in [2.75, 3.05) is 5.73 Å². The van der Waals surface area contributed by atoms with Crippen molar-refractivity contribution in [3.8, 4) is 0 Å². The Bertz CT molecular complexity index is 585. The molecule has 1 heterocycles. The molecule has 6 heteroatoms. The second-order valence-corrected chi connectivity index (χ2v) is 5.66. The minimum Gasteiger partial charge on any atom is -0.375 e. The number of benzene rings is 1. The second kappa shape index (κ2) is 5.21. The molecule has 0 spiro atoms. The van der Waals surface area contributed by atoms with E-state index in [4.69, 9.17) is 5.73 Å². The maximum absolute atomic E-state index is 13.6. The summed E-state index contributed by atoms with van der Waals surface area (Å²) < 4.78 is 40.1. The molecule has 19 heavy (non-hydrogen) atoms. The molecule has 0 aliphatic carbocycles. The van der Waals surface area contributed by atoms with Crippen molar-refractivity contribution < 1.29 is 13.2 Å². The normalized spacial score (nSPS) is 11.3. The topological polar surface area (TPSA) is 38.9 Å². The van der Waals surface area contributed by atoms with Gasteiger partial charge in [-0.15, -0.1) is 11.3 Å². The largest absolute Gasteiger partial charge is 0.375 e. The smallest absolute Gasteiger partial charge is 0.180 e. The Hall–Kier alpha value is -1.56. The van der Waals surface area contributed by atoms with Crippen molar-refractivity contribution in [1.29, 1.82) is 0 Å². The molecule has 0 radical (unpaired) electrons. The summed E-state index contributed by atoms with van der Waals surface area (Å²) in [6.07, 6.45) is 0.0281. The van der Waals surface area contributed by atoms with E-state index >= 15 is 0 Å². The number of nitrogens with zero attached hydrogens (tertiary/aromatic N) is 1. The summed E-state index contributed by atoms with van der Waals surface area (Å²) in [5.41, 5.74) is 6.20. The molecule has 1 aromatic carbocycles. The maximum atomic E-state index is 13.6. The number of aromatic nitrogens is 1. The van der Waals surface area contributed by atoms with Crippen LogP contribution in [0, 0.1) is 17.5 Å². The summed E-state index contributed by atoms with van der Waals surface area (Å²) in [5, 5.41) is 0.363. The summed E-state index contributed by atoms with van der Waals surface area (Å²) in [4.78, 5) is 4.87. The number of anilines is 1. The van der Waals surface area contributed by atoms with Crippen molar-refractivity contribution in [3.05, 3.63) is 45.7 Å². The number of nitrogens with two attached hydrogens (primary N) is 1. The maximum Gasteiger partial charge on any atom is 0.180 e. The quantitative estimate of drug-likeness (QED) is 0.930. The van der Waals surface area contributed by atoms with E-state index in [2.05, 4.69) is 4.98 Å². The Balaban J connectivity index is 2.42. The molecule has 2 rings (SSSR count). The van der Waals surface area contributed by atoms with Gasteiger partial charge in [-0.3, -0.25) is 0 Å². The highest BCUT2D eigenvalue weighted by Crippen LogP contribution is 2.30. The lowest BCUT2D eigenvalue weighted by Gasteiger charge is -2.07. The molecule has 2 nitrogen and oxygen atoms in total. The molecule has 0 amide bonds. The molecule has 0 atom stereocenters. The first kappa shape index (κ1) is 13.9. The highest BCUT2D eigenvalue weighted by Gasteiger charge is 2.18. The number of halogens is 3. The molecule has 2 N–H and O–H groups in total. The van der Waals surface area contributed by atoms with Gasteiger partial charge in [0, 0.05) is 29.0 Å². The van der Waals surface area contributed by atoms with Crippen molar-refractivity contribution >= 4 is 16.5 Å². The molecule has 102 valence electrons. The van der Waals surface area contributed by atoms with E-state index in [-0.39, 0.29) is 17.9 Å². The van der Waals surface area contributed by atoms with Gasteiger partial charge in [0.2, 0.25) is 0 Å². The number of thiazole rings is 1. The van der Waals surface area contributed by atoms with Crippen LogP contribution in [0.25, 0.3) is 0 Å². The van der Waals surface area contributed by atoms with Gasteiger partial charge in [0.05, 0.1) is 5.69 Å². The zero-order valence-corrected chi connectivity index (χ0v) is 11.3. The van der Waals surface area contributed by atoms with Crippen LogP contribution >= 0.6 is 11.3 Å². The van der Waals surface area contributed by atoms with E-state index in [1.807, 2.05) is 13.8 Å². The second-order valence-electron chi connectivity index (χ2n) is 4.54. The monoisotopic (exact) mass is 286 g/mol. The van der Waals surface area contributed by atoms with Crippen LogP contribution in [0.5, 0.6) is 0 Å². The number of hydrogen-bond acceptors (Lipinski definition) is 3. The zero-order valence-electron chi connectivity index (χ0n) is 10.5. The highest BCUT2D eigenvalue weighted by molar-refractivity contribution is 7.15. The fourth-order valence-electron chi connectivity index (χ4n) is 1.86. The lowest BCUT2D eigenvalue weighted by atomic mass is 10.0. The van der Waals surface area contributed by atoms with Gasteiger partial charge in [-0.2, -0.15) is 0 Å². The molecule has 0 unspecified atom stereocenters. The fourth-order valence-corrected chi connectivity index (χ4v) is 2.86. The summed E-state index contributed by atoms with van der Waals surface area (Å²) in [6, 6.07) is 1.36. The van der Waals surface area contributed by atoms with Gasteiger partial charge in [0.25, 0.3) is 0 Å². The predicted octanol–water partition coefficient (Wildman–Crippen LogP) is 3.86. The van der Waals surface area contributed by atoms with Crippen LogP contribution in [0.4, 0.5) is 18.3 Å². The fraction of sp³-hybridized carbons (Fsp3) is 0.308. The predicted molar refractivity (Wildman–Crippen MR) is 69.7 cm³/mol. The van der Waals surface area contributed by atoms with Crippen LogP contribution < -0.4 is 5.73 Å². The minimum absolute atomic E-state index is 0.0281. The van der Waals surface area contributed by atoms with E-state index in [9.17, 15) is 13.2 Å². The molecule has 0 aliphatic rings. The van der Waals surface area contributed by atoms with E-state index in [0.29, 0.717) is 22.1 Å². The SMILES string of the molecule is CC(C)c1nc(N)sc1Cc1c(F)cc(F)cc1F. The molecule has 0 fully saturated rings. The Morgan fingerprint density at radius 2 is 1.79 bits per heavy atom. The first-order valence-electron chi connectivity index (χ1n) is 5.77. The lowest BCUT2D eigenvalue weighted by Crippen LogP contribution is -2.01. The zero-order chi connectivity index (χ0) is 14.2. The highest BCUT2D eigenvalue weighted by atomic mass is 32.1. The molecule has 0 saturated carbocycles. The van der Waals surface area contributed by atoms with Crippen LogP contribution in [0.3, 0.4) is 0 Å². The third-order valence-electron chi connectivity index (χ3n) is 2.73. The van der Waals surface area contributed by atoms with E-state index in [0.717, 1.165) is 5.69 Å². The summed E-state index contributed by atoms with van der Waals surface area (Å²) >= 11 is 1.20. The van der Waals surface area contributed by atoms with Crippen molar-refractivity contribution in [2.45, 2.75) is 26.2 Å². The first-order valence-corrected chi connectivity index (χ1v) is 6.58. The van der Waals surface area contributed by atoms with Crippen molar-refractivity contribution in [1.82, 2.24) is 4.98 Å². The van der Waals surface area contributed by atoms with E-state index in [1.165, 1.54) is 11.3 Å². The Morgan fingerprint density at radius 1 is 1.21 bits per heavy atom. The average Bonchev–Trinajstić information content (AvgIpc) is 2.65. The lowest BCUT2D eigenvalue weighted by molar-refractivity contribution is 0.528. The molecule has 2 aromatic rings. The van der Waals surface area contributed by atoms with Crippen LogP contribution in [0.1, 0.15) is 35.9 Å². The van der Waals surface area contributed by atoms with Gasteiger partial charge in [0.15, 0.2) is 5.13 Å². The van der Waals surface area contributed by atoms with Gasteiger partial charge < -0.3 is 5.73 Å². The van der Waals surface area contributed by atoms with Gasteiger partial charge in [-0.25, -0.2) is 18.2 Å². The van der Waals surface area contributed by atoms with Crippen LogP contribution in [0.15, 0.2) is 12.1 Å². The Kier molecular flexibility index (Phi) is 3.80. The third-order valence-corrected chi connectivity index (χ3v) is 3.63. The Morgan fingerprint density at radius 3 is 2.32 bits per heavy atom. The molecule has 1 aromatic heterocycles. The number of rotatable bonds is 3. The Labute approximate surface area is 113 Å². The number of hydrogen-bond donors (Lipinski definition) is 1.